The lowest BCUT2D eigenvalue weighted by Gasteiger charge is -2.22. The Hall–Kier alpha value is -3.18. The Labute approximate surface area is 150 Å². The van der Waals surface area contributed by atoms with Crippen molar-refractivity contribution in [3.05, 3.63) is 84.1 Å². The zero-order valence-corrected chi connectivity index (χ0v) is 14.5. The van der Waals surface area contributed by atoms with Gasteiger partial charge < -0.3 is 0 Å². The largest absolute Gasteiger partial charge is 0.279 e. The minimum Gasteiger partial charge on any atom is -0.279 e. The Bertz CT molecular complexity index is 1320. The molecule has 0 saturated heterocycles. The van der Waals surface area contributed by atoms with Crippen LogP contribution < -0.4 is 4.72 Å². The molecule has 0 radical (unpaired) electrons. The lowest BCUT2D eigenvalue weighted by Crippen LogP contribution is -2.26. The van der Waals surface area contributed by atoms with Crippen LogP contribution in [0.1, 0.15) is 11.3 Å². The summed E-state index contributed by atoms with van der Waals surface area (Å²) in [4.78, 5) is 4.94. The van der Waals surface area contributed by atoms with E-state index in [0.29, 0.717) is 16.3 Å². The van der Waals surface area contributed by atoms with Crippen LogP contribution in [0.2, 0.25) is 0 Å². The highest BCUT2D eigenvalue weighted by molar-refractivity contribution is 7.90. The summed E-state index contributed by atoms with van der Waals surface area (Å²) < 4.78 is 28.1. The first-order chi connectivity index (χ1) is 12.6. The average Bonchev–Trinajstić information content (AvgIpc) is 2.65. The van der Waals surface area contributed by atoms with Crippen LogP contribution in [0, 0.1) is 0 Å². The molecule has 1 aromatic heterocycles. The average molecular weight is 358 g/mol. The van der Waals surface area contributed by atoms with Gasteiger partial charge in [0.1, 0.15) is 0 Å². The third-order valence-corrected chi connectivity index (χ3v) is 6.01. The Balaban J connectivity index is 1.77. The van der Waals surface area contributed by atoms with E-state index in [0.717, 1.165) is 27.2 Å². The molecule has 1 aliphatic rings. The summed E-state index contributed by atoms with van der Waals surface area (Å²) in [7, 11) is -3.61. The van der Waals surface area contributed by atoms with Crippen molar-refractivity contribution in [3.63, 3.8) is 0 Å². The van der Waals surface area contributed by atoms with Crippen LogP contribution in [0.4, 0.5) is 0 Å². The minimum atomic E-state index is -3.61. The van der Waals surface area contributed by atoms with Crippen LogP contribution in [0.5, 0.6) is 0 Å². The molecule has 4 aromatic rings. The summed E-state index contributed by atoms with van der Waals surface area (Å²) in [5.74, 6) is 0. The quantitative estimate of drug-likeness (QED) is 0.555. The monoisotopic (exact) mass is 358 g/mol. The standard InChI is InChI=1S/C21H14N2O2S/c24-26(25)20-10-4-7-15-6-3-8-17(21(15)20)19(23-26)13-16-12-11-14-5-1-2-9-18(14)22-16/h1-13,23H/b19-13-. The van der Waals surface area contributed by atoms with E-state index in [2.05, 4.69) is 9.71 Å². The highest BCUT2D eigenvalue weighted by Gasteiger charge is 2.27. The van der Waals surface area contributed by atoms with Gasteiger partial charge in [0.15, 0.2) is 0 Å². The molecule has 0 unspecified atom stereocenters. The molecule has 126 valence electrons. The van der Waals surface area contributed by atoms with Crippen LogP contribution in [-0.4, -0.2) is 13.4 Å². The number of nitrogens with zero attached hydrogens (tertiary/aromatic N) is 1. The molecule has 0 spiro atoms. The normalized spacial score (nSPS) is 16.7. The van der Waals surface area contributed by atoms with Crippen molar-refractivity contribution in [2.75, 3.05) is 0 Å². The number of hydrogen-bond donors (Lipinski definition) is 1. The highest BCUT2D eigenvalue weighted by Crippen LogP contribution is 2.35. The van der Waals surface area contributed by atoms with Crippen LogP contribution in [0.3, 0.4) is 0 Å². The van der Waals surface area contributed by atoms with Crippen molar-refractivity contribution in [1.82, 2.24) is 9.71 Å². The molecule has 0 saturated carbocycles. The number of benzene rings is 3. The molecule has 0 amide bonds. The maximum Gasteiger partial charge on any atom is 0.262 e. The first kappa shape index (κ1) is 15.1. The summed E-state index contributed by atoms with van der Waals surface area (Å²) in [6, 6.07) is 22.8. The zero-order valence-electron chi connectivity index (χ0n) is 13.7. The molecule has 0 atom stereocenters. The van der Waals surface area contributed by atoms with Gasteiger partial charge in [0.2, 0.25) is 0 Å². The molecule has 0 bridgehead atoms. The van der Waals surface area contributed by atoms with E-state index in [1.165, 1.54) is 0 Å². The van der Waals surface area contributed by atoms with Crippen LogP contribution in [0.15, 0.2) is 77.7 Å². The summed E-state index contributed by atoms with van der Waals surface area (Å²) in [5, 5.41) is 2.70. The van der Waals surface area contributed by atoms with E-state index in [4.69, 9.17) is 0 Å². The number of hydrogen-bond acceptors (Lipinski definition) is 3. The first-order valence-electron chi connectivity index (χ1n) is 8.24. The number of para-hydroxylation sites is 1. The smallest absolute Gasteiger partial charge is 0.262 e. The molecule has 0 fully saturated rings. The number of rotatable bonds is 1. The molecule has 26 heavy (non-hydrogen) atoms. The molecule has 4 nitrogen and oxygen atoms in total. The van der Waals surface area contributed by atoms with Crippen LogP contribution in [-0.2, 0) is 10.0 Å². The number of fused-ring (bicyclic) bond motifs is 1. The Kier molecular flexibility index (Phi) is 3.14. The molecular formula is C21H14N2O2S. The maximum absolute atomic E-state index is 12.7. The van der Waals surface area contributed by atoms with Gasteiger partial charge in [-0.25, -0.2) is 13.4 Å². The van der Waals surface area contributed by atoms with Gasteiger partial charge in [-0.15, -0.1) is 0 Å². The van der Waals surface area contributed by atoms with Crippen molar-refractivity contribution < 1.29 is 8.42 Å². The van der Waals surface area contributed by atoms with E-state index in [1.54, 1.807) is 18.2 Å². The SMILES string of the molecule is O=S1(=O)N/C(=C\c2ccc3ccccc3n2)c2cccc3cccc1c23. The van der Waals surface area contributed by atoms with Crippen molar-refractivity contribution >= 4 is 43.5 Å². The Morgan fingerprint density at radius 2 is 1.58 bits per heavy atom. The molecule has 1 N–H and O–H groups in total. The van der Waals surface area contributed by atoms with Gasteiger partial charge in [-0.1, -0.05) is 54.6 Å². The van der Waals surface area contributed by atoms with Gasteiger partial charge in [0, 0.05) is 16.3 Å². The lowest BCUT2D eigenvalue weighted by molar-refractivity contribution is 0.592. The molecule has 5 rings (SSSR count). The van der Waals surface area contributed by atoms with E-state index in [-0.39, 0.29) is 0 Å². The number of sulfonamides is 1. The predicted octanol–water partition coefficient (Wildman–Crippen LogP) is 4.18. The molecule has 3 aromatic carbocycles. The first-order valence-corrected chi connectivity index (χ1v) is 9.73. The number of pyridine rings is 1. The fraction of sp³-hybridized carbons (Fsp3) is 0. The molecular weight excluding hydrogens is 344 g/mol. The lowest BCUT2D eigenvalue weighted by atomic mass is 10.0. The van der Waals surface area contributed by atoms with Crippen molar-refractivity contribution in [3.8, 4) is 0 Å². The van der Waals surface area contributed by atoms with Gasteiger partial charge in [-0.3, -0.25) is 4.72 Å². The molecule has 5 heteroatoms. The fourth-order valence-corrected chi connectivity index (χ4v) is 4.75. The highest BCUT2D eigenvalue weighted by atomic mass is 32.2. The molecule has 0 aliphatic carbocycles. The number of aromatic nitrogens is 1. The van der Waals surface area contributed by atoms with Crippen molar-refractivity contribution in [2.45, 2.75) is 4.90 Å². The van der Waals surface area contributed by atoms with Gasteiger partial charge in [-0.05, 0) is 29.7 Å². The van der Waals surface area contributed by atoms with E-state index < -0.39 is 10.0 Å². The fourth-order valence-electron chi connectivity index (χ4n) is 3.43. The zero-order chi connectivity index (χ0) is 17.7. The van der Waals surface area contributed by atoms with Gasteiger partial charge in [0.25, 0.3) is 10.0 Å². The minimum absolute atomic E-state index is 0.314. The molecule has 2 heterocycles. The van der Waals surface area contributed by atoms with Gasteiger partial charge in [-0.2, -0.15) is 0 Å². The molecule has 1 aliphatic heterocycles. The summed E-state index contributed by atoms with van der Waals surface area (Å²) in [5.41, 5.74) is 2.98. The summed E-state index contributed by atoms with van der Waals surface area (Å²) in [6.07, 6.45) is 1.79. The second-order valence-electron chi connectivity index (χ2n) is 6.25. The van der Waals surface area contributed by atoms with Crippen LogP contribution >= 0.6 is 0 Å². The predicted molar refractivity (Wildman–Crippen MR) is 104 cm³/mol. The topological polar surface area (TPSA) is 59.1 Å². The third kappa shape index (κ3) is 2.29. The third-order valence-electron chi connectivity index (χ3n) is 4.60. The second-order valence-corrected chi connectivity index (χ2v) is 7.90. The summed E-state index contributed by atoms with van der Waals surface area (Å²) in [6.45, 7) is 0. The maximum atomic E-state index is 12.7. The number of nitrogens with one attached hydrogen (secondary N) is 1. The Morgan fingerprint density at radius 3 is 2.46 bits per heavy atom. The van der Waals surface area contributed by atoms with Gasteiger partial charge in [0.05, 0.1) is 21.8 Å². The van der Waals surface area contributed by atoms with E-state index in [9.17, 15) is 8.42 Å². The van der Waals surface area contributed by atoms with Crippen LogP contribution in [0.25, 0.3) is 33.4 Å². The van der Waals surface area contributed by atoms with E-state index in [1.807, 2.05) is 60.7 Å². The summed E-state index contributed by atoms with van der Waals surface area (Å²) >= 11 is 0. The van der Waals surface area contributed by atoms with Crippen molar-refractivity contribution in [1.29, 1.82) is 0 Å². The van der Waals surface area contributed by atoms with Gasteiger partial charge >= 0.3 is 0 Å². The van der Waals surface area contributed by atoms with Crippen molar-refractivity contribution in [2.24, 2.45) is 0 Å². The van der Waals surface area contributed by atoms with E-state index >= 15 is 0 Å². The Morgan fingerprint density at radius 1 is 0.808 bits per heavy atom. The second kappa shape index (κ2) is 5.41.